The first-order valence-corrected chi connectivity index (χ1v) is 10.9. The Labute approximate surface area is 150 Å². The zero-order valence-corrected chi connectivity index (χ0v) is 15.5. The molecule has 2 N–H and O–H groups in total. The molecule has 1 saturated heterocycles. The van der Waals surface area contributed by atoms with Crippen LogP contribution in [-0.2, 0) is 21.2 Å². The molecule has 1 unspecified atom stereocenters. The van der Waals surface area contributed by atoms with Gasteiger partial charge in [-0.15, -0.1) is 0 Å². The Hall–Kier alpha value is -1.40. The molecule has 0 spiro atoms. The van der Waals surface area contributed by atoms with Crippen LogP contribution in [0.5, 0.6) is 0 Å². The van der Waals surface area contributed by atoms with Gasteiger partial charge in [-0.2, -0.15) is 0 Å². The van der Waals surface area contributed by atoms with Crippen LogP contribution in [0.4, 0.5) is 0 Å². The maximum atomic E-state index is 12.7. The minimum Gasteiger partial charge on any atom is -0.339 e. The lowest BCUT2D eigenvalue weighted by atomic mass is 9.83. The van der Waals surface area contributed by atoms with Crippen molar-refractivity contribution in [2.24, 2.45) is 11.1 Å². The second-order valence-electron chi connectivity index (χ2n) is 7.38. The summed E-state index contributed by atoms with van der Waals surface area (Å²) in [5, 5.41) is 5.11. The number of hydrogen-bond acceptors (Lipinski definition) is 3. The van der Waals surface area contributed by atoms with Crippen molar-refractivity contribution >= 4 is 15.9 Å². The van der Waals surface area contributed by atoms with Crippen LogP contribution in [0.15, 0.2) is 29.2 Å². The fraction of sp³-hybridized carbons (Fsp3) is 0.632. The SMILES string of the molecule is NS(=O)(=O)c1ccc(CCC(=O)N2CCCC2C2CCCCC2)cc1. The van der Waals surface area contributed by atoms with Gasteiger partial charge in [0.1, 0.15) is 0 Å². The molecular weight excluding hydrogens is 336 g/mol. The summed E-state index contributed by atoms with van der Waals surface area (Å²) < 4.78 is 22.6. The maximum Gasteiger partial charge on any atom is 0.238 e. The number of nitrogens with zero attached hydrogens (tertiary/aromatic N) is 1. The Morgan fingerprint density at radius 2 is 1.72 bits per heavy atom. The van der Waals surface area contributed by atoms with E-state index in [9.17, 15) is 13.2 Å². The van der Waals surface area contributed by atoms with Gasteiger partial charge in [-0.25, -0.2) is 13.6 Å². The van der Waals surface area contributed by atoms with Crippen molar-refractivity contribution in [1.82, 2.24) is 4.90 Å². The van der Waals surface area contributed by atoms with Gasteiger partial charge in [0, 0.05) is 19.0 Å². The third-order valence-corrected chi connectivity index (χ3v) is 6.62. The van der Waals surface area contributed by atoms with Crippen molar-refractivity contribution in [2.75, 3.05) is 6.54 Å². The lowest BCUT2D eigenvalue weighted by molar-refractivity contribution is -0.133. The number of sulfonamides is 1. The molecule has 1 aliphatic carbocycles. The molecular formula is C19H28N2O3S. The van der Waals surface area contributed by atoms with E-state index >= 15 is 0 Å². The highest BCUT2D eigenvalue weighted by molar-refractivity contribution is 7.89. The number of likely N-dealkylation sites (tertiary alicyclic amines) is 1. The quantitative estimate of drug-likeness (QED) is 0.872. The van der Waals surface area contributed by atoms with E-state index in [1.54, 1.807) is 12.1 Å². The van der Waals surface area contributed by atoms with Gasteiger partial charge in [0.25, 0.3) is 0 Å². The smallest absolute Gasteiger partial charge is 0.238 e. The molecule has 3 rings (SSSR count). The van der Waals surface area contributed by atoms with E-state index in [0.29, 0.717) is 24.8 Å². The highest BCUT2D eigenvalue weighted by atomic mass is 32.2. The molecule has 1 amide bonds. The third-order valence-electron chi connectivity index (χ3n) is 5.69. The van der Waals surface area contributed by atoms with Crippen LogP contribution in [-0.4, -0.2) is 31.8 Å². The second-order valence-corrected chi connectivity index (χ2v) is 8.95. The first-order chi connectivity index (χ1) is 11.9. The van der Waals surface area contributed by atoms with Crippen LogP contribution in [0.1, 0.15) is 56.9 Å². The Morgan fingerprint density at radius 1 is 1.04 bits per heavy atom. The predicted octanol–water partition coefficient (Wildman–Crippen LogP) is 2.84. The number of carbonyl (C=O) groups is 1. The summed E-state index contributed by atoms with van der Waals surface area (Å²) in [7, 11) is -3.66. The highest BCUT2D eigenvalue weighted by Crippen LogP contribution is 2.34. The Balaban J connectivity index is 1.56. The minimum atomic E-state index is -3.66. The normalized spacial score (nSPS) is 22.3. The molecule has 138 valence electrons. The number of aryl methyl sites for hydroxylation is 1. The number of carbonyl (C=O) groups excluding carboxylic acids is 1. The molecule has 2 aliphatic rings. The minimum absolute atomic E-state index is 0.111. The summed E-state index contributed by atoms with van der Waals surface area (Å²) in [6.45, 7) is 0.893. The van der Waals surface area contributed by atoms with Crippen molar-refractivity contribution in [3.05, 3.63) is 29.8 Å². The molecule has 0 aromatic heterocycles. The zero-order chi connectivity index (χ0) is 17.9. The van der Waals surface area contributed by atoms with Crippen LogP contribution in [0.25, 0.3) is 0 Å². The molecule has 1 atom stereocenters. The van der Waals surface area contributed by atoms with Crippen molar-refractivity contribution in [1.29, 1.82) is 0 Å². The third kappa shape index (κ3) is 4.61. The Kier molecular flexibility index (Phi) is 5.79. The van der Waals surface area contributed by atoms with Crippen LogP contribution >= 0.6 is 0 Å². The van der Waals surface area contributed by atoms with E-state index in [0.717, 1.165) is 24.9 Å². The maximum absolute atomic E-state index is 12.7. The van der Waals surface area contributed by atoms with Crippen molar-refractivity contribution in [3.63, 3.8) is 0 Å². The summed E-state index contributed by atoms with van der Waals surface area (Å²) >= 11 is 0. The topological polar surface area (TPSA) is 80.5 Å². The number of amides is 1. The fourth-order valence-corrected chi connectivity index (χ4v) is 4.87. The Bertz CT molecular complexity index is 694. The number of primary sulfonamides is 1. The summed E-state index contributed by atoms with van der Waals surface area (Å²) in [4.78, 5) is 14.9. The van der Waals surface area contributed by atoms with Crippen LogP contribution in [0.3, 0.4) is 0 Å². The van der Waals surface area contributed by atoms with Gasteiger partial charge in [-0.1, -0.05) is 31.4 Å². The van der Waals surface area contributed by atoms with Gasteiger partial charge < -0.3 is 4.90 Å². The monoisotopic (exact) mass is 364 g/mol. The van der Waals surface area contributed by atoms with E-state index in [2.05, 4.69) is 4.90 Å². The number of rotatable bonds is 5. The molecule has 1 aromatic rings. The van der Waals surface area contributed by atoms with E-state index in [1.807, 2.05) is 0 Å². The molecule has 6 heteroatoms. The van der Waals surface area contributed by atoms with Crippen LogP contribution in [0, 0.1) is 5.92 Å². The molecule has 5 nitrogen and oxygen atoms in total. The molecule has 1 aliphatic heterocycles. The van der Waals surface area contributed by atoms with Crippen molar-refractivity contribution in [3.8, 4) is 0 Å². The average molecular weight is 365 g/mol. The number of hydrogen-bond donors (Lipinski definition) is 1. The van der Waals surface area contributed by atoms with Gasteiger partial charge in [-0.05, 0) is 55.7 Å². The molecule has 1 saturated carbocycles. The first kappa shape index (κ1) is 18.4. The van der Waals surface area contributed by atoms with E-state index in [1.165, 1.54) is 44.2 Å². The highest BCUT2D eigenvalue weighted by Gasteiger charge is 2.34. The van der Waals surface area contributed by atoms with E-state index in [4.69, 9.17) is 5.14 Å². The van der Waals surface area contributed by atoms with Gasteiger partial charge >= 0.3 is 0 Å². The van der Waals surface area contributed by atoms with E-state index in [-0.39, 0.29) is 10.8 Å². The van der Waals surface area contributed by atoms with E-state index < -0.39 is 10.0 Å². The number of benzene rings is 1. The summed E-state index contributed by atoms with van der Waals surface area (Å²) in [6.07, 6.45) is 9.88. The average Bonchev–Trinajstić information content (AvgIpc) is 3.10. The molecule has 25 heavy (non-hydrogen) atoms. The molecule has 0 bridgehead atoms. The molecule has 1 aromatic carbocycles. The Morgan fingerprint density at radius 3 is 2.36 bits per heavy atom. The van der Waals surface area contributed by atoms with Crippen molar-refractivity contribution in [2.45, 2.75) is 68.7 Å². The van der Waals surface area contributed by atoms with Gasteiger partial charge in [0.15, 0.2) is 0 Å². The largest absolute Gasteiger partial charge is 0.339 e. The van der Waals surface area contributed by atoms with Gasteiger partial charge in [-0.3, -0.25) is 4.79 Å². The van der Waals surface area contributed by atoms with Crippen LogP contribution in [0.2, 0.25) is 0 Å². The van der Waals surface area contributed by atoms with Crippen molar-refractivity contribution < 1.29 is 13.2 Å². The van der Waals surface area contributed by atoms with Gasteiger partial charge in [0.2, 0.25) is 15.9 Å². The molecule has 2 fully saturated rings. The lowest BCUT2D eigenvalue weighted by Gasteiger charge is -2.34. The summed E-state index contributed by atoms with van der Waals surface area (Å²) in [5.74, 6) is 0.929. The molecule has 0 radical (unpaired) electrons. The second kappa shape index (κ2) is 7.87. The molecule has 1 heterocycles. The number of nitrogens with two attached hydrogens (primary N) is 1. The summed E-state index contributed by atoms with van der Waals surface area (Å²) in [6, 6.07) is 6.95. The van der Waals surface area contributed by atoms with Crippen LogP contribution < -0.4 is 5.14 Å². The standard InChI is InChI=1S/C19H28N2O3S/c20-25(23,24)17-11-8-15(9-12-17)10-13-19(22)21-14-4-7-18(21)16-5-2-1-3-6-16/h8-9,11-12,16,18H,1-7,10,13-14H2,(H2,20,23,24). The zero-order valence-electron chi connectivity index (χ0n) is 14.7. The fourth-order valence-electron chi connectivity index (χ4n) is 4.35. The van der Waals surface area contributed by atoms with Gasteiger partial charge in [0.05, 0.1) is 4.90 Å². The summed E-state index contributed by atoms with van der Waals surface area (Å²) in [5.41, 5.74) is 0.967. The lowest BCUT2D eigenvalue weighted by Crippen LogP contribution is -2.40. The first-order valence-electron chi connectivity index (χ1n) is 9.36. The predicted molar refractivity (Wildman–Crippen MR) is 97.4 cm³/mol.